The summed E-state index contributed by atoms with van der Waals surface area (Å²) >= 11 is 0. The van der Waals surface area contributed by atoms with Crippen molar-refractivity contribution in [1.82, 2.24) is 15.1 Å². The number of likely N-dealkylation sites (N-methyl/N-ethyl adjacent to an activating group) is 1. The minimum Gasteiger partial charge on any atom is -0.391 e. The summed E-state index contributed by atoms with van der Waals surface area (Å²) in [6.07, 6.45) is 0.642. The number of hydrogen-bond donors (Lipinski definition) is 2. The molecule has 1 atom stereocenters. The Balaban J connectivity index is 0.00000324. The van der Waals surface area contributed by atoms with Crippen molar-refractivity contribution < 1.29 is 5.11 Å². The van der Waals surface area contributed by atoms with Crippen LogP contribution >= 0.6 is 24.0 Å². The lowest BCUT2D eigenvalue weighted by atomic mass is 10.3. The summed E-state index contributed by atoms with van der Waals surface area (Å²) in [5.41, 5.74) is 0. The van der Waals surface area contributed by atoms with E-state index in [0.29, 0.717) is 12.6 Å². The van der Waals surface area contributed by atoms with Crippen molar-refractivity contribution in [3.05, 3.63) is 0 Å². The zero-order chi connectivity index (χ0) is 13.5. The highest BCUT2D eigenvalue weighted by Crippen LogP contribution is 2.08. The van der Waals surface area contributed by atoms with Crippen LogP contribution in [0.4, 0.5) is 0 Å². The second-order valence-electron chi connectivity index (χ2n) is 5.20. The van der Waals surface area contributed by atoms with E-state index < -0.39 is 0 Å². The zero-order valence-electron chi connectivity index (χ0n) is 12.6. The Morgan fingerprint density at radius 3 is 2.68 bits per heavy atom. The first-order valence-electron chi connectivity index (χ1n) is 6.96. The Bertz CT molecular complexity index is 273. The van der Waals surface area contributed by atoms with E-state index in [1.807, 2.05) is 0 Å². The highest BCUT2D eigenvalue weighted by molar-refractivity contribution is 14.0. The summed E-state index contributed by atoms with van der Waals surface area (Å²) in [5, 5.41) is 12.9. The Morgan fingerprint density at radius 2 is 2.21 bits per heavy atom. The highest BCUT2D eigenvalue weighted by Gasteiger charge is 2.22. The second kappa shape index (κ2) is 9.77. The third-order valence-corrected chi connectivity index (χ3v) is 3.39. The van der Waals surface area contributed by atoms with Crippen LogP contribution in [0, 0.1) is 0 Å². The Kier molecular flexibility index (Phi) is 9.72. The van der Waals surface area contributed by atoms with E-state index in [1.165, 1.54) is 0 Å². The molecule has 19 heavy (non-hydrogen) atoms. The highest BCUT2D eigenvalue weighted by atomic mass is 127. The molecule has 1 saturated heterocycles. The minimum absolute atomic E-state index is 0. The number of β-amino-alcohol motifs (C(OH)–C–C–N with tert-alkyl or cyclic N) is 1. The molecule has 6 heteroatoms. The number of likely N-dealkylation sites (tertiary alicyclic amines) is 1. The van der Waals surface area contributed by atoms with E-state index in [1.54, 1.807) is 0 Å². The fraction of sp³-hybridized carbons (Fsp3) is 0.923. The van der Waals surface area contributed by atoms with Gasteiger partial charge in [-0.2, -0.15) is 0 Å². The summed E-state index contributed by atoms with van der Waals surface area (Å²) in [6, 6.07) is 0.552. The maximum Gasteiger partial charge on any atom is 0.194 e. The predicted octanol–water partition coefficient (Wildman–Crippen LogP) is 0.977. The first-order valence-corrected chi connectivity index (χ1v) is 6.96. The Morgan fingerprint density at radius 1 is 1.53 bits per heavy atom. The van der Waals surface area contributed by atoms with Gasteiger partial charge in [0, 0.05) is 32.2 Å². The third-order valence-electron chi connectivity index (χ3n) is 3.39. The van der Waals surface area contributed by atoms with Gasteiger partial charge in [0.2, 0.25) is 0 Å². The number of nitrogens with one attached hydrogen (secondary N) is 1. The van der Waals surface area contributed by atoms with Crippen LogP contribution in [0.2, 0.25) is 0 Å². The summed E-state index contributed by atoms with van der Waals surface area (Å²) < 4.78 is 0. The molecule has 1 aliphatic rings. The SMILES string of the molecule is CCNC(=NCCN(C)C(C)C)N1CC[C@@H](O)C1.I. The van der Waals surface area contributed by atoms with Crippen molar-refractivity contribution in [2.75, 3.05) is 39.8 Å². The van der Waals surface area contributed by atoms with Gasteiger partial charge < -0.3 is 20.2 Å². The van der Waals surface area contributed by atoms with E-state index in [-0.39, 0.29) is 30.1 Å². The lowest BCUT2D eigenvalue weighted by Crippen LogP contribution is -2.41. The molecule has 1 aliphatic heterocycles. The number of nitrogens with zero attached hydrogens (tertiary/aromatic N) is 3. The molecule has 2 N–H and O–H groups in total. The Labute approximate surface area is 134 Å². The van der Waals surface area contributed by atoms with Crippen LogP contribution in [-0.2, 0) is 0 Å². The first-order chi connectivity index (χ1) is 8.54. The molecule has 0 spiro atoms. The van der Waals surface area contributed by atoms with Gasteiger partial charge in [-0.15, -0.1) is 24.0 Å². The maximum absolute atomic E-state index is 9.57. The van der Waals surface area contributed by atoms with Crippen LogP contribution < -0.4 is 5.32 Å². The number of aliphatic hydroxyl groups is 1. The molecule has 1 fully saturated rings. The van der Waals surface area contributed by atoms with Crippen LogP contribution in [0.25, 0.3) is 0 Å². The lowest BCUT2D eigenvalue weighted by molar-refractivity contribution is 0.187. The van der Waals surface area contributed by atoms with Crippen molar-refractivity contribution in [2.45, 2.75) is 39.3 Å². The molecular formula is C13H29IN4O. The van der Waals surface area contributed by atoms with Crippen molar-refractivity contribution >= 4 is 29.9 Å². The molecule has 114 valence electrons. The molecule has 0 aromatic rings. The van der Waals surface area contributed by atoms with Gasteiger partial charge in [-0.05, 0) is 34.2 Å². The normalized spacial score (nSPS) is 20.1. The quantitative estimate of drug-likeness (QED) is 0.422. The van der Waals surface area contributed by atoms with E-state index in [2.05, 4.69) is 47.9 Å². The van der Waals surface area contributed by atoms with Crippen LogP contribution in [0.3, 0.4) is 0 Å². The number of aliphatic hydroxyl groups excluding tert-OH is 1. The molecule has 1 heterocycles. The van der Waals surface area contributed by atoms with Crippen molar-refractivity contribution in [2.24, 2.45) is 4.99 Å². The molecule has 0 saturated carbocycles. The van der Waals surface area contributed by atoms with Gasteiger partial charge in [0.1, 0.15) is 0 Å². The number of halogens is 1. The fourth-order valence-corrected chi connectivity index (χ4v) is 1.93. The van der Waals surface area contributed by atoms with Gasteiger partial charge in [0.15, 0.2) is 5.96 Å². The molecule has 0 unspecified atom stereocenters. The van der Waals surface area contributed by atoms with Crippen LogP contribution in [0.15, 0.2) is 4.99 Å². The van der Waals surface area contributed by atoms with Crippen molar-refractivity contribution in [1.29, 1.82) is 0 Å². The van der Waals surface area contributed by atoms with Gasteiger partial charge in [-0.1, -0.05) is 0 Å². The standard InChI is InChI=1S/C13H28N4O.HI/c1-5-14-13(17-8-6-12(18)10-17)15-7-9-16(4)11(2)3;/h11-12,18H,5-10H2,1-4H3,(H,14,15);1H/t12-;/m1./s1. The minimum atomic E-state index is -0.202. The van der Waals surface area contributed by atoms with E-state index in [9.17, 15) is 5.11 Å². The van der Waals surface area contributed by atoms with E-state index in [0.717, 1.165) is 38.6 Å². The molecular weight excluding hydrogens is 355 g/mol. The molecule has 0 radical (unpaired) electrons. The number of guanidine groups is 1. The monoisotopic (exact) mass is 384 g/mol. The van der Waals surface area contributed by atoms with Crippen molar-refractivity contribution in [3.8, 4) is 0 Å². The number of rotatable bonds is 5. The van der Waals surface area contributed by atoms with Crippen LogP contribution in [0.5, 0.6) is 0 Å². The van der Waals surface area contributed by atoms with Gasteiger partial charge in [-0.25, -0.2) is 0 Å². The summed E-state index contributed by atoms with van der Waals surface area (Å²) in [6.45, 7) is 10.7. The largest absolute Gasteiger partial charge is 0.391 e. The molecule has 0 aromatic heterocycles. The number of aliphatic imine (C=N–C) groups is 1. The van der Waals surface area contributed by atoms with E-state index in [4.69, 9.17) is 0 Å². The molecule has 1 rings (SSSR count). The van der Waals surface area contributed by atoms with Gasteiger partial charge in [0.25, 0.3) is 0 Å². The average molecular weight is 384 g/mol. The first kappa shape index (κ1) is 18.9. The van der Waals surface area contributed by atoms with Crippen LogP contribution in [-0.4, -0.2) is 72.8 Å². The smallest absolute Gasteiger partial charge is 0.194 e. The second-order valence-corrected chi connectivity index (χ2v) is 5.20. The van der Waals surface area contributed by atoms with Gasteiger partial charge >= 0.3 is 0 Å². The maximum atomic E-state index is 9.57. The lowest BCUT2D eigenvalue weighted by Gasteiger charge is -2.23. The predicted molar refractivity (Wildman–Crippen MR) is 91.4 cm³/mol. The van der Waals surface area contributed by atoms with E-state index >= 15 is 0 Å². The van der Waals surface area contributed by atoms with Crippen molar-refractivity contribution in [3.63, 3.8) is 0 Å². The topological polar surface area (TPSA) is 51.1 Å². The van der Waals surface area contributed by atoms with Gasteiger partial charge in [-0.3, -0.25) is 4.99 Å². The molecule has 0 aliphatic carbocycles. The summed E-state index contributed by atoms with van der Waals surface area (Å²) in [5.74, 6) is 0.936. The third kappa shape index (κ3) is 6.76. The molecule has 0 bridgehead atoms. The summed E-state index contributed by atoms with van der Waals surface area (Å²) in [4.78, 5) is 9.06. The van der Waals surface area contributed by atoms with Crippen LogP contribution in [0.1, 0.15) is 27.2 Å². The fourth-order valence-electron chi connectivity index (χ4n) is 1.93. The molecule has 0 amide bonds. The Hall–Kier alpha value is -0.0800. The number of hydrogen-bond acceptors (Lipinski definition) is 3. The zero-order valence-corrected chi connectivity index (χ0v) is 14.9. The average Bonchev–Trinajstić information content (AvgIpc) is 2.74. The van der Waals surface area contributed by atoms with Gasteiger partial charge in [0.05, 0.1) is 12.6 Å². The molecule has 5 nitrogen and oxygen atoms in total. The summed E-state index contributed by atoms with van der Waals surface area (Å²) in [7, 11) is 2.12. The molecule has 0 aromatic carbocycles.